The van der Waals surface area contributed by atoms with Crippen LogP contribution in [0.2, 0.25) is 0 Å². The fraction of sp³-hybridized carbons (Fsp3) is 0.500. The molecule has 2 rings (SSSR count). The summed E-state index contributed by atoms with van der Waals surface area (Å²) in [7, 11) is 0. The van der Waals surface area contributed by atoms with E-state index in [0.29, 0.717) is 5.56 Å². The van der Waals surface area contributed by atoms with Gasteiger partial charge in [0, 0.05) is 12.1 Å². The van der Waals surface area contributed by atoms with E-state index in [2.05, 4.69) is 10.6 Å². The molecule has 0 spiro atoms. The molecule has 2 amide bonds. The molecule has 21 heavy (non-hydrogen) atoms. The highest BCUT2D eigenvalue weighted by Gasteiger charge is 2.31. The third kappa shape index (κ3) is 4.56. The van der Waals surface area contributed by atoms with E-state index >= 15 is 0 Å². The van der Waals surface area contributed by atoms with Crippen molar-refractivity contribution in [2.24, 2.45) is 0 Å². The van der Waals surface area contributed by atoms with Crippen LogP contribution in [0.5, 0.6) is 0 Å². The van der Waals surface area contributed by atoms with Crippen molar-refractivity contribution in [2.75, 3.05) is 13.1 Å². The van der Waals surface area contributed by atoms with Crippen LogP contribution in [-0.4, -0.2) is 35.6 Å². The predicted molar refractivity (Wildman–Crippen MR) is 79.9 cm³/mol. The molecule has 1 aliphatic carbocycles. The van der Waals surface area contributed by atoms with Crippen molar-refractivity contribution in [3.8, 4) is 0 Å². The van der Waals surface area contributed by atoms with Crippen molar-refractivity contribution in [1.29, 1.82) is 0 Å². The Balaban J connectivity index is 1.73. The van der Waals surface area contributed by atoms with E-state index in [0.717, 1.165) is 31.2 Å². The van der Waals surface area contributed by atoms with Crippen LogP contribution in [-0.2, 0) is 4.79 Å². The van der Waals surface area contributed by atoms with Crippen LogP contribution in [0.3, 0.4) is 0 Å². The van der Waals surface area contributed by atoms with E-state index in [-0.39, 0.29) is 24.9 Å². The molecule has 5 nitrogen and oxygen atoms in total. The van der Waals surface area contributed by atoms with Crippen LogP contribution >= 0.6 is 0 Å². The molecule has 1 fully saturated rings. The Bertz CT molecular complexity index is 505. The zero-order valence-electron chi connectivity index (χ0n) is 12.3. The molecule has 0 radical (unpaired) electrons. The van der Waals surface area contributed by atoms with Gasteiger partial charge < -0.3 is 15.7 Å². The third-order valence-corrected chi connectivity index (χ3v) is 3.87. The first-order valence-corrected chi connectivity index (χ1v) is 7.32. The van der Waals surface area contributed by atoms with Crippen molar-refractivity contribution in [2.45, 2.75) is 38.2 Å². The zero-order chi connectivity index (χ0) is 15.3. The van der Waals surface area contributed by atoms with E-state index < -0.39 is 5.60 Å². The van der Waals surface area contributed by atoms with Gasteiger partial charge in [-0.3, -0.25) is 9.59 Å². The van der Waals surface area contributed by atoms with Crippen molar-refractivity contribution in [1.82, 2.24) is 10.6 Å². The lowest BCUT2D eigenvalue weighted by Crippen LogP contribution is -2.44. The SMILES string of the molecule is Cc1ccc(C(=O)NCC(=O)NCC2(O)CCCC2)cc1. The van der Waals surface area contributed by atoms with Gasteiger partial charge in [-0.1, -0.05) is 30.5 Å². The summed E-state index contributed by atoms with van der Waals surface area (Å²) in [6.45, 7) is 2.12. The summed E-state index contributed by atoms with van der Waals surface area (Å²) in [5, 5.41) is 15.4. The maximum absolute atomic E-state index is 11.8. The second kappa shape index (κ2) is 6.72. The molecule has 5 heteroatoms. The normalized spacial score (nSPS) is 16.5. The number of benzene rings is 1. The molecule has 0 atom stereocenters. The van der Waals surface area contributed by atoms with Crippen molar-refractivity contribution in [3.63, 3.8) is 0 Å². The molecule has 0 aromatic heterocycles. The molecule has 1 aromatic rings. The number of rotatable bonds is 5. The van der Waals surface area contributed by atoms with Crippen LogP contribution < -0.4 is 10.6 Å². The monoisotopic (exact) mass is 290 g/mol. The van der Waals surface area contributed by atoms with E-state index in [1.165, 1.54) is 0 Å². The quantitative estimate of drug-likeness (QED) is 0.761. The van der Waals surface area contributed by atoms with Crippen molar-refractivity contribution in [3.05, 3.63) is 35.4 Å². The van der Waals surface area contributed by atoms with Gasteiger partial charge in [0.15, 0.2) is 0 Å². The Morgan fingerprint density at radius 3 is 2.38 bits per heavy atom. The van der Waals surface area contributed by atoms with E-state index in [1.54, 1.807) is 12.1 Å². The number of nitrogens with one attached hydrogen (secondary N) is 2. The summed E-state index contributed by atoms with van der Waals surface area (Å²) < 4.78 is 0. The number of carbonyl (C=O) groups excluding carboxylic acids is 2. The van der Waals surface area contributed by atoms with Gasteiger partial charge in [-0.25, -0.2) is 0 Å². The second-order valence-corrected chi connectivity index (χ2v) is 5.76. The number of aliphatic hydroxyl groups is 1. The Kier molecular flexibility index (Phi) is 4.96. The molecular formula is C16H22N2O3. The van der Waals surface area contributed by atoms with Gasteiger partial charge in [0.05, 0.1) is 12.1 Å². The van der Waals surface area contributed by atoms with E-state index in [1.807, 2.05) is 19.1 Å². The summed E-state index contributed by atoms with van der Waals surface area (Å²) in [5.41, 5.74) is 0.841. The largest absolute Gasteiger partial charge is 0.388 e. The first-order chi connectivity index (χ1) is 9.98. The van der Waals surface area contributed by atoms with Gasteiger partial charge in [-0.05, 0) is 31.9 Å². The Labute approximate surface area is 124 Å². The highest BCUT2D eigenvalue weighted by atomic mass is 16.3. The van der Waals surface area contributed by atoms with Gasteiger partial charge >= 0.3 is 0 Å². The Hall–Kier alpha value is -1.88. The number of amides is 2. The number of hydrogen-bond acceptors (Lipinski definition) is 3. The minimum absolute atomic E-state index is 0.0806. The fourth-order valence-corrected chi connectivity index (χ4v) is 2.50. The van der Waals surface area contributed by atoms with Gasteiger partial charge in [0.1, 0.15) is 0 Å². The molecule has 1 aliphatic rings. The zero-order valence-corrected chi connectivity index (χ0v) is 12.3. The van der Waals surface area contributed by atoms with Crippen molar-refractivity contribution < 1.29 is 14.7 Å². The maximum atomic E-state index is 11.8. The van der Waals surface area contributed by atoms with Gasteiger partial charge in [-0.2, -0.15) is 0 Å². The summed E-state index contributed by atoms with van der Waals surface area (Å²) in [4.78, 5) is 23.5. The summed E-state index contributed by atoms with van der Waals surface area (Å²) in [6, 6.07) is 7.16. The Morgan fingerprint density at radius 2 is 1.76 bits per heavy atom. The molecule has 1 saturated carbocycles. The summed E-state index contributed by atoms with van der Waals surface area (Å²) in [6.07, 6.45) is 3.44. The first-order valence-electron chi connectivity index (χ1n) is 7.32. The Morgan fingerprint density at radius 1 is 1.14 bits per heavy atom. The molecule has 0 aliphatic heterocycles. The van der Waals surface area contributed by atoms with Crippen molar-refractivity contribution >= 4 is 11.8 Å². The topological polar surface area (TPSA) is 78.4 Å². The minimum atomic E-state index is -0.767. The number of hydrogen-bond donors (Lipinski definition) is 3. The lowest BCUT2D eigenvalue weighted by atomic mass is 10.0. The average Bonchev–Trinajstić information content (AvgIpc) is 2.91. The molecule has 114 valence electrons. The summed E-state index contributed by atoms with van der Waals surface area (Å²) >= 11 is 0. The lowest BCUT2D eigenvalue weighted by Gasteiger charge is -2.22. The van der Waals surface area contributed by atoms with Crippen LogP contribution in [0, 0.1) is 6.92 Å². The lowest BCUT2D eigenvalue weighted by molar-refractivity contribution is -0.121. The van der Waals surface area contributed by atoms with E-state index in [4.69, 9.17) is 0 Å². The van der Waals surface area contributed by atoms with Gasteiger partial charge in [-0.15, -0.1) is 0 Å². The second-order valence-electron chi connectivity index (χ2n) is 5.76. The van der Waals surface area contributed by atoms with E-state index in [9.17, 15) is 14.7 Å². The predicted octanol–water partition coefficient (Wildman–Crippen LogP) is 1.15. The molecule has 0 saturated heterocycles. The highest BCUT2D eigenvalue weighted by Crippen LogP contribution is 2.28. The smallest absolute Gasteiger partial charge is 0.251 e. The molecule has 0 bridgehead atoms. The van der Waals surface area contributed by atoms with Crippen LogP contribution in [0.15, 0.2) is 24.3 Å². The third-order valence-electron chi connectivity index (χ3n) is 3.87. The average molecular weight is 290 g/mol. The molecular weight excluding hydrogens is 268 g/mol. The van der Waals surface area contributed by atoms with Crippen LogP contribution in [0.4, 0.5) is 0 Å². The van der Waals surface area contributed by atoms with Crippen LogP contribution in [0.1, 0.15) is 41.6 Å². The van der Waals surface area contributed by atoms with Gasteiger partial charge in [0.2, 0.25) is 5.91 Å². The molecule has 0 heterocycles. The number of carbonyl (C=O) groups is 2. The first kappa shape index (κ1) is 15.5. The fourth-order valence-electron chi connectivity index (χ4n) is 2.50. The maximum Gasteiger partial charge on any atom is 0.251 e. The minimum Gasteiger partial charge on any atom is -0.388 e. The molecule has 0 unspecified atom stereocenters. The van der Waals surface area contributed by atoms with Crippen LogP contribution in [0.25, 0.3) is 0 Å². The molecule has 1 aromatic carbocycles. The number of aryl methyl sites for hydroxylation is 1. The highest BCUT2D eigenvalue weighted by molar-refractivity contribution is 5.96. The van der Waals surface area contributed by atoms with Gasteiger partial charge in [0.25, 0.3) is 5.91 Å². The molecule has 3 N–H and O–H groups in total. The standard InChI is InChI=1S/C16H22N2O3/c1-12-4-6-13(7-5-12)15(20)17-10-14(19)18-11-16(21)8-2-3-9-16/h4-7,21H,2-3,8-11H2,1H3,(H,17,20)(H,18,19). The summed E-state index contributed by atoms with van der Waals surface area (Å²) in [5.74, 6) is -0.555.